The predicted octanol–water partition coefficient (Wildman–Crippen LogP) is 15.5. The summed E-state index contributed by atoms with van der Waals surface area (Å²) >= 11 is 0. The van der Waals surface area contributed by atoms with E-state index in [1.54, 1.807) is 0 Å². The number of benzene rings is 9. The number of nitriles is 1. The van der Waals surface area contributed by atoms with Gasteiger partial charge in [-0.15, -0.1) is 0 Å². The van der Waals surface area contributed by atoms with E-state index in [1.165, 1.54) is 44.2 Å². The molecule has 0 atom stereocenters. The van der Waals surface area contributed by atoms with Gasteiger partial charge in [-0.25, -0.2) is 0 Å². The van der Waals surface area contributed by atoms with E-state index in [9.17, 15) is 5.26 Å². The summed E-state index contributed by atoms with van der Waals surface area (Å²) in [6, 6.07) is 82.0. The highest BCUT2D eigenvalue weighted by Crippen LogP contribution is 2.41. The van der Waals surface area contributed by atoms with Gasteiger partial charge >= 0.3 is 0 Å². The second kappa shape index (κ2) is 15.3. The fraction of sp³-hybridized carbons (Fsp3) is 0. The van der Waals surface area contributed by atoms with Gasteiger partial charge in [0.15, 0.2) is 0 Å². The van der Waals surface area contributed by atoms with Crippen LogP contribution in [0.3, 0.4) is 0 Å². The predicted molar refractivity (Wildman–Crippen MR) is 265 cm³/mol. The molecule has 0 N–H and O–H groups in total. The van der Waals surface area contributed by atoms with Crippen molar-refractivity contribution in [3.63, 3.8) is 0 Å². The van der Waals surface area contributed by atoms with Crippen molar-refractivity contribution < 1.29 is 0 Å². The number of aromatic nitrogens is 3. The molecule has 0 spiro atoms. The smallest absolute Gasteiger partial charge is 0.0991 e. The average molecular weight is 815 g/mol. The van der Waals surface area contributed by atoms with Crippen LogP contribution in [-0.4, -0.2) is 14.1 Å². The number of rotatable bonds is 7. The molecular weight excluding hydrogens is 777 g/mol. The Morgan fingerprint density at radius 3 is 1.12 bits per heavy atom. The van der Waals surface area contributed by atoms with E-state index in [1.807, 2.05) is 18.3 Å². The molecule has 0 saturated carbocycles. The van der Waals surface area contributed by atoms with Crippen molar-refractivity contribution >= 4 is 43.6 Å². The lowest BCUT2D eigenvalue weighted by Crippen LogP contribution is -2.01. The Balaban J connectivity index is 1.07. The summed E-state index contributed by atoms with van der Waals surface area (Å²) in [6.45, 7) is 0. The van der Waals surface area contributed by atoms with Crippen LogP contribution in [0.1, 0.15) is 5.56 Å². The molecule has 4 nitrogen and oxygen atoms in total. The van der Waals surface area contributed by atoms with Gasteiger partial charge in [0.2, 0.25) is 0 Å². The summed E-state index contributed by atoms with van der Waals surface area (Å²) in [7, 11) is 0. The normalized spacial score (nSPS) is 11.4. The highest BCUT2D eigenvalue weighted by molar-refractivity contribution is 6.13. The molecule has 0 aliphatic carbocycles. The zero-order valence-corrected chi connectivity index (χ0v) is 34.7. The van der Waals surface area contributed by atoms with E-state index in [0.717, 1.165) is 66.6 Å². The van der Waals surface area contributed by atoms with Gasteiger partial charge in [0.1, 0.15) is 0 Å². The molecule has 0 unspecified atom stereocenters. The van der Waals surface area contributed by atoms with Crippen molar-refractivity contribution in [2.45, 2.75) is 0 Å². The van der Waals surface area contributed by atoms with Gasteiger partial charge in [0.05, 0.1) is 45.1 Å². The second-order valence-electron chi connectivity index (χ2n) is 16.3. The number of nitrogens with zero attached hydrogens (tertiary/aromatic N) is 4. The Morgan fingerprint density at radius 1 is 0.344 bits per heavy atom. The van der Waals surface area contributed by atoms with Gasteiger partial charge in [-0.1, -0.05) is 146 Å². The Bertz CT molecular complexity index is 3570. The van der Waals surface area contributed by atoms with E-state index < -0.39 is 0 Å². The summed E-state index contributed by atoms with van der Waals surface area (Å²) in [5, 5.41) is 15.0. The molecule has 0 fully saturated rings. The summed E-state index contributed by atoms with van der Waals surface area (Å²) in [5.41, 5.74) is 17.9. The minimum absolute atomic E-state index is 0.572. The molecule has 0 aliphatic rings. The maximum absolute atomic E-state index is 10.3. The molecule has 3 aromatic heterocycles. The Morgan fingerprint density at radius 2 is 0.734 bits per heavy atom. The summed E-state index contributed by atoms with van der Waals surface area (Å²) in [4.78, 5) is 5.06. The number of hydrogen-bond donors (Lipinski definition) is 0. The first-order valence-electron chi connectivity index (χ1n) is 21.6. The molecule has 12 rings (SSSR count). The third kappa shape index (κ3) is 6.26. The molecule has 0 bridgehead atoms. The van der Waals surface area contributed by atoms with E-state index >= 15 is 0 Å². The molecular formula is C60H38N4. The van der Waals surface area contributed by atoms with Gasteiger partial charge in [-0.05, 0) is 123 Å². The average Bonchev–Trinajstić information content (AvgIpc) is 3.88. The van der Waals surface area contributed by atoms with Gasteiger partial charge in [0.25, 0.3) is 0 Å². The highest BCUT2D eigenvalue weighted by atomic mass is 15.0. The van der Waals surface area contributed by atoms with E-state index in [2.05, 4.69) is 228 Å². The lowest BCUT2D eigenvalue weighted by Gasteiger charge is -2.16. The first kappa shape index (κ1) is 37.0. The standard InChI is InChI=1S/C60H38N4/c61-39-40-21-26-60(64-58-29-24-47(43-17-9-3-10-18-43)36-52(58)53-37-48(25-30-59(53)64)44-19-11-4-12-20-44)54(33-40)55-38-49(31-32-62-55)63-56-27-22-45(41-13-5-1-6-14-41)34-50(56)51-35-46(23-28-57(51)63)42-15-7-2-8-16-42/h1-38H. The third-order valence-electron chi connectivity index (χ3n) is 12.6. The maximum Gasteiger partial charge on any atom is 0.0991 e. The second-order valence-corrected chi connectivity index (χ2v) is 16.3. The third-order valence-corrected chi connectivity index (χ3v) is 12.6. The van der Waals surface area contributed by atoms with Gasteiger partial charge in [-0.2, -0.15) is 5.26 Å². The zero-order chi connectivity index (χ0) is 42.6. The highest BCUT2D eigenvalue weighted by Gasteiger charge is 2.21. The monoisotopic (exact) mass is 814 g/mol. The maximum atomic E-state index is 10.3. The number of hydrogen-bond acceptors (Lipinski definition) is 2. The molecule has 0 amide bonds. The lowest BCUT2D eigenvalue weighted by molar-refractivity contribution is 1.14. The molecule has 0 saturated heterocycles. The molecule has 4 heteroatoms. The van der Waals surface area contributed by atoms with E-state index in [-0.39, 0.29) is 0 Å². The van der Waals surface area contributed by atoms with Crippen molar-refractivity contribution in [2.24, 2.45) is 0 Å². The molecule has 0 radical (unpaired) electrons. The summed E-state index contributed by atoms with van der Waals surface area (Å²) in [6.07, 6.45) is 1.89. The quantitative estimate of drug-likeness (QED) is 0.161. The van der Waals surface area contributed by atoms with Gasteiger partial charge in [0, 0.05) is 39.0 Å². The molecule has 9 aromatic carbocycles. The van der Waals surface area contributed by atoms with Gasteiger partial charge in [-0.3, -0.25) is 4.98 Å². The molecule has 0 aliphatic heterocycles. The van der Waals surface area contributed by atoms with Crippen LogP contribution in [0.25, 0.3) is 111 Å². The van der Waals surface area contributed by atoms with Crippen molar-refractivity contribution in [2.75, 3.05) is 0 Å². The van der Waals surface area contributed by atoms with Crippen LogP contribution in [0.5, 0.6) is 0 Å². The number of fused-ring (bicyclic) bond motifs is 6. The Kier molecular flexibility index (Phi) is 8.84. The molecule has 3 heterocycles. The molecule has 298 valence electrons. The summed E-state index contributed by atoms with van der Waals surface area (Å²) in [5.74, 6) is 0. The van der Waals surface area contributed by atoms with Crippen molar-refractivity contribution in [1.29, 1.82) is 5.26 Å². The Labute approximate surface area is 370 Å². The fourth-order valence-corrected chi connectivity index (χ4v) is 9.54. The first-order valence-corrected chi connectivity index (χ1v) is 21.6. The van der Waals surface area contributed by atoms with Crippen LogP contribution in [0, 0.1) is 11.3 Å². The van der Waals surface area contributed by atoms with Crippen molar-refractivity contribution in [1.82, 2.24) is 14.1 Å². The molecule has 12 aromatic rings. The van der Waals surface area contributed by atoms with E-state index in [0.29, 0.717) is 5.56 Å². The van der Waals surface area contributed by atoms with Crippen molar-refractivity contribution in [3.8, 4) is 73.2 Å². The van der Waals surface area contributed by atoms with Gasteiger partial charge < -0.3 is 9.13 Å². The van der Waals surface area contributed by atoms with Crippen LogP contribution in [0.15, 0.2) is 231 Å². The van der Waals surface area contributed by atoms with Crippen LogP contribution < -0.4 is 0 Å². The van der Waals surface area contributed by atoms with E-state index in [4.69, 9.17) is 4.98 Å². The largest absolute Gasteiger partial charge is 0.309 e. The lowest BCUT2D eigenvalue weighted by atomic mass is 10.0. The minimum atomic E-state index is 0.572. The minimum Gasteiger partial charge on any atom is -0.309 e. The van der Waals surface area contributed by atoms with Crippen molar-refractivity contribution in [3.05, 3.63) is 236 Å². The van der Waals surface area contributed by atoms with Crippen LogP contribution >= 0.6 is 0 Å². The topological polar surface area (TPSA) is 46.5 Å². The Hall–Kier alpha value is -8.78. The van der Waals surface area contributed by atoms with Crippen LogP contribution in [-0.2, 0) is 0 Å². The fourth-order valence-electron chi connectivity index (χ4n) is 9.54. The zero-order valence-electron chi connectivity index (χ0n) is 34.7. The van der Waals surface area contributed by atoms with Crippen LogP contribution in [0.4, 0.5) is 0 Å². The SMILES string of the molecule is N#Cc1ccc(-n2c3ccc(-c4ccccc4)cc3c3cc(-c4ccccc4)ccc32)c(-c2cc(-n3c4ccc(-c5ccccc5)cc4c4cc(-c5ccccc5)ccc43)ccn2)c1. The molecule has 64 heavy (non-hydrogen) atoms. The summed E-state index contributed by atoms with van der Waals surface area (Å²) < 4.78 is 4.69. The first-order chi connectivity index (χ1) is 31.7. The van der Waals surface area contributed by atoms with Crippen LogP contribution in [0.2, 0.25) is 0 Å². The number of pyridine rings is 1.